The number of unbranched alkanes of at least 4 members (excludes halogenated alkanes) is 6. The number of phenolic OH excluding ortho intramolecular Hbond substituents is 1. The number of alkyl halides is 1. The minimum atomic E-state index is -2.35. The van der Waals surface area contributed by atoms with Crippen LogP contribution in [-0.4, -0.2) is 366 Å². The number of benzene rings is 1. The number of amides is 11. The maximum atomic E-state index is 14.5. The van der Waals surface area contributed by atoms with Crippen LogP contribution in [0.4, 0.5) is 0 Å². The normalized spacial score (nSPS) is 26.0. The maximum Gasteiger partial charge on any atom is 0.335 e. The molecule has 0 aliphatic carbocycles. The van der Waals surface area contributed by atoms with Crippen molar-refractivity contribution in [1.29, 1.82) is 0 Å². The Bertz CT molecular complexity index is 3670. The molecule has 3 aliphatic rings. The molecule has 3 fully saturated rings. The molecule has 1 aromatic rings. The van der Waals surface area contributed by atoms with Crippen molar-refractivity contribution in [1.82, 2.24) is 47.4 Å². The Morgan fingerprint density at radius 1 is 0.569 bits per heavy atom. The molecule has 0 unspecified atom stereocenters. The zero-order valence-corrected chi connectivity index (χ0v) is 69.5. The third-order valence-electron chi connectivity index (χ3n) is 20.4. The van der Waals surface area contributed by atoms with Gasteiger partial charge in [0.1, 0.15) is 121 Å². The minimum absolute atomic E-state index is 0.0553. The number of carbonyl (C=O) groups is 13. The molecule has 3 saturated heterocycles. The number of carbonyl (C=O) groups excluding carboxylic acids is 11. The summed E-state index contributed by atoms with van der Waals surface area (Å²) in [6.45, 7) is 4.42. The largest absolute Gasteiger partial charge is 0.508 e. The fourth-order valence-electron chi connectivity index (χ4n) is 13.2. The second-order valence-corrected chi connectivity index (χ2v) is 30.8. The number of likely N-dealkylation sites (N-methyl/N-ethyl adjacent to an activating group) is 1. The number of hydrogen-bond acceptors (Lipinski definition) is 34. The number of allylic oxidation sites excluding steroid dienone is 1. The molecule has 123 heavy (non-hydrogen) atoms. The lowest BCUT2D eigenvalue weighted by Crippen LogP contribution is -2.64. The van der Waals surface area contributed by atoms with E-state index in [0.717, 1.165) is 117 Å². The summed E-state index contributed by atoms with van der Waals surface area (Å²) in [5.74, 6) is -18.4. The van der Waals surface area contributed by atoms with Crippen LogP contribution < -0.4 is 54.0 Å². The van der Waals surface area contributed by atoms with Crippen LogP contribution in [0.25, 0.3) is 0 Å². The fraction of sp³-hybridized carbons (Fsp3) is 0.720. The molecule has 29 N–H and O–H groups in total. The fourth-order valence-corrected chi connectivity index (χ4v) is 13.6. The van der Waals surface area contributed by atoms with Crippen molar-refractivity contribution in [2.45, 2.75) is 314 Å². The van der Waals surface area contributed by atoms with E-state index < -0.39 is 299 Å². The number of carboxylic acid groups (broad SMARTS) is 2. The highest BCUT2D eigenvalue weighted by Gasteiger charge is 2.53. The number of nitrogens with one attached hydrogen (secondary N) is 8. The average molecular weight is 1790 g/mol. The van der Waals surface area contributed by atoms with Gasteiger partial charge in [0.25, 0.3) is 11.8 Å². The van der Waals surface area contributed by atoms with Crippen molar-refractivity contribution in [3.05, 3.63) is 41.6 Å². The minimum Gasteiger partial charge on any atom is -0.508 e. The molecule has 0 bridgehead atoms. The van der Waals surface area contributed by atoms with Gasteiger partial charge in [0.05, 0.1) is 50.3 Å². The van der Waals surface area contributed by atoms with E-state index in [4.69, 9.17) is 51.5 Å². The average Bonchev–Trinajstić information content (AvgIpc) is 0.800. The third kappa shape index (κ3) is 32.4. The van der Waals surface area contributed by atoms with Crippen molar-refractivity contribution in [2.75, 3.05) is 26.8 Å². The molecular weight excluding hydrogens is 1670 g/mol. The molecule has 1 aromatic carbocycles. The van der Waals surface area contributed by atoms with Crippen LogP contribution in [0.1, 0.15) is 150 Å². The summed E-state index contributed by atoms with van der Waals surface area (Å²) >= 11 is 6.37. The first kappa shape index (κ1) is 107. The van der Waals surface area contributed by atoms with Crippen LogP contribution in [0.3, 0.4) is 0 Å². The van der Waals surface area contributed by atoms with Crippen molar-refractivity contribution in [3.8, 4) is 5.75 Å². The zero-order chi connectivity index (χ0) is 92.7. The van der Waals surface area contributed by atoms with E-state index in [-0.39, 0.29) is 29.5 Å². The Morgan fingerprint density at radius 3 is 1.58 bits per heavy atom. The number of aliphatic carboxylic acids is 2. The summed E-state index contributed by atoms with van der Waals surface area (Å²) in [6.07, 6.45) is -36.0. The number of phenols is 1. The number of ether oxygens (including phenoxy) is 6. The number of nitrogens with zero attached hydrogens (tertiary/aromatic N) is 1. The predicted molar refractivity (Wildman–Crippen MR) is 418 cm³/mol. The summed E-state index contributed by atoms with van der Waals surface area (Å²) < 4.78 is 33.3. The molecule has 11 amide bonds. The van der Waals surface area contributed by atoms with Gasteiger partial charge >= 0.3 is 11.9 Å². The second kappa shape index (κ2) is 51.7. The van der Waals surface area contributed by atoms with Gasteiger partial charge in [-0.2, -0.15) is 0 Å². The Hall–Kier alpha value is -8.64. The molecule has 29 atom stereocenters. The van der Waals surface area contributed by atoms with Gasteiger partial charge in [-0.25, -0.2) is 9.59 Å². The number of aromatic hydroxyl groups is 1. The molecule has 47 nitrogen and oxygen atoms in total. The molecule has 0 aromatic heterocycles. The van der Waals surface area contributed by atoms with Crippen LogP contribution in [0.5, 0.6) is 5.75 Å². The van der Waals surface area contributed by atoms with Gasteiger partial charge in [-0.3, -0.25) is 52.7 Å². The summed E-state index contributed by atoms with van der Waals surface area (Å²) in [4.78, 5) is 176. The van der Waals surface area contributed by atoms with Crippen molar-refractivity contribution < 1.29 is 178 Å². The molecular formula is C75H120ClN11O36. The number of carboxylic acids is 2. The molecule has 0 saturated carbocycles. The van der Waals surface area contributed by atoms with Gasteiger partial charge in [-0.15, -0.1) is 11.6 Å². The van der Waals surface area contributed by atoms with Crippen LogP contribution in [0.2, 0.25) is 0 Å². The van der Waals surface area contributed by atoms with Crippen molar-refractivity contribution >= 4 is 88.5 Å². The Labute approximate surface area is 710 Å². The lowest BCUT2D eigenvalue weighted by Gasteiger charge is -2.44. The van der Waals surface area contributed by atoms with Crippen molar-refractivity contribution in [2.24, 2.45) is 11.5 Å². The number of rotatable bonds is 52. The van der Waals surface area contributed by atoms with Gasteiger partial charge in [0, 0.05) is 25.3 Å². The number of aliphatic hydroxyl groups is 14. The lowest BCUT2D eigenvalue weighted by atomic mass is 9.98. The number of nitrogens with two attached hydrogens (primary N) is 2. The summed E-state index contributed by atoms with van der Waals surface area (Å²) in [5.41, 5.74) is 9.56. The molecule has 698 valence electrons. The van der Waals surface area contributed by atoms with E-state index in [1.807, 2.05) is 6.92 Å². The SMILES string of the molecule is C/C=C(\NC(=O)[C@@H](NC(=O)[C@@H](NC(=O)[C@@H](NC(=O)[C@@H](NC(=O)[C@H](O)[C@@H](CCCCCCCCC[C@H](Cl)CCC)O[C@@H]1OC[C@@H](O)[C@@H](O[C@@H]2O[C@H](C(=O)O)[C@H](O)[C@H](O)[C@H]2O)[C@@H]1O)[C@@H](C)O)[C@H](C)O)[C@H](C)O)[C@@H](O)c1ccc(O)cc1)C(=O)N[C@H](CCC(N)=O)C(=O)NCC(=O)N(C)[C@H](C(=O)N[C@@H](CCC(N)=O)C(=O)O)[C@@H](C)O[C@@H]1O[C@H](CO)[C@@H](O)[C@H](O)[C@@H]1O. The summed E-state index contributed by atoms with van der Waals surface area (Å²) in [6, 6.07) is -10.3. The summed E-state index contributed by atoms with van der Waals surface area (Å²) in [5, 5.41) is 198. The first-order valence-electron chi connectivity index (χ1n) is 39.9. The Balaban J connectivity index is 1.57. The first-order valence-corrected chi connectivity index (χ1v) is 40.3. The van der Waals surface area contributed by atoms with Crippen LogP contribution in [-0.2, 0) is 90.8 Å². The molecule has 48 heteroatoms. The van der Waals surface area contributed by atoms with Gasteiger partial charge in [-0.05, 0) is 84.4 Å². The summed E-state index contributed by atoms with van der Waals surface area (Å²) in [7, 11) is 0.958. The van der Waals surface area contributed by atoms with Crippen molar-refractivity contribution in [3.63, 3.8) is 0 Å². The van der Waals surface area contributed by atoms with E-state index >= 15 is 0 Å². The van der Waals surface area contributed by atoms with Crippen LogP contribution >= 0.6 is 11.6 Å². The third-order valence-corrected chi connectivity index (χ3v) is 20.8. The highest BCUT2D eigenvalue weighted by molar-refractivity contribution is 6.20. The Morgan fingerprint density at radius 2 is 1.07 bits per heavy atom. The molecule has 0 spiro atoms. The monoisotopic (exact) mass is 1790 g/mol. The number of halogens is 1. The number of hydrogen-bond donors (Lipinski definition) is 27. The molecule has 3 heterocycles. The maximum absolute atomic E-state index is 14.5. The van der Waals surface area contributed by atoms with E-state index in [2.05, 4.69) is 42.5 Å². The highest BCUT2D eigenvalue weighted by atomic mass is 35.5. The number of aliphatic hydroxyl groups excluding tert-OH is 14. The van der Waals surface area contributed by atoms with Gasteiger partial charge in [0.15, 0.2) is 31.1 Å². The highest BCUT2D eigenvalue weighted by Crippen LogP contribution is 2.31. The Kier molecular flexibility index (Phi) is 44.9. The topological polar surface area (TPSA) is 773 Å². The second-order valence-electron chi connectivity index (χ2n) is 30.2. The smallest absolute Gasteiger partial charge is 0.335 e. The molecule has 3 aliphatic heterocycles. The lowest BCUT2D eigenvalue weighted by molar-refractivity contribution is -0.349. The van der Waals surface area contributed by atoms with Crippen LogP contribution in [0.15, 0.2) is 36.0 Å². The molecule has 0 radical (unpaired) electrons. The predicted octanol–water partition coefficient (Wildman–Crippen LogP) is -9.72. The number of primary amides is 2. The first-order chi connectivity index (χ1) is 57.7. The standard InChI is InChI=1S/C75H120ClN11O36/c1-8-17-36(76)18-15-13-11-10-12-14-16-19-42(120-73-60(105)61(41(93)30-118-73)122-75-59(104)56(101)57(102)62(123-75)72(116)117)54(99)70(113)85-49(33(5)91)66(109)83-47(31(3)89)65(108)84-48(32(4)90)67(110)86-50(52(97)35-20-22-37(92)23-21-35)68(111)80-38(9-2)64(107)81-39(24-26-44(77)94)63(106)79-28-46(96)87(7)51(69(112)82-40(71(114)115)25-27-45(78)95)34(6)119-74-58(103)55(100)53(98)43(29-88)121-74/h9,20-23,31-34,36,39-43,47-62,73-75,88-93,97-105H,8,10-19,24-30H2,1-7H3,(H2,77,94)(H2,78,95)(H,79,106)(H,80,111)(H,81,107)(H,82,112)(H,83,109)(H,84,108)(H,85,113)(H,86,110)(H,114,115)(H,116,117)/b38-9-/t31-,32-,33+,34+,36+,39+,40-,41+,42+,43+,47-,48-,49-,50-,51-,52-,53+,54+,55-,56-,57+,58-,59+,60-,61+,62-,73-,74+,75+/m0/s1. The van der Waals surface area contributed by atoms with Gasteiger partial charge in [0.2, 0.25) is 53.2 Å². The zero-order valence-electron chi connectivity index (χ0n) is 68.7. The van der Waals surface area contributed by atoms with Gasteiger partial charge in [-0.1, -0.05) is 76.5 Å². The van der Waals surface area contributed by atoms with Gasteiger partial charge < -0.3 is 174 Å². The van der Waals surface area contributed by atoms with Crippen LogP contribution in [0, 0.1) is 0 Å². The quantitative estimate of drug-likeness (QED) is 0.0164. The van der Waals surface area contributed by atoms with E-state index in [1.165, 1.54) is 0 Å². The van der Waals surface area contributed by atoms with E-state index in [1.54, 1.807) is 0 Å². The molecule has 4 rings (SSSR count). The van der Waals surface area contributed by atoms with E-state index in [9.17, 15) is 149 Å². The van der Waals surface area contributed by atoms with E-state index in [0.29, 0.717) is 17.7 Å².